The van der Waals surface area contributed by atoms with E-state index in [1.165, 1.54) is 6.33 Å². The monoisotopic (exact) mass is 284 g/mol. The maximum absolute atomic E-state index is 5.52. The van der Waals surface area contributed by atoms with E-state index in [4.69, 9.17) is 4.74 Å². The van der Waals surface area contributed by atoms with E-state index in [1.807, 2.05) is 26.1 Å². The Hall–Kier alpha value is -2.70. The van der Waals surface area contributed by atoms with Crippen molar-refractivity contribution in [3.8, 4) is 5.88 Å². The lowest BCUT2D eigenvalue weighted by molar-refractivity contribution is 0.323. The highest BCUT2D eigenvalue weighted by Crippen LogP contribution is 2.20. The van der Waals surface area contributed by atoms with Crippen LogP contribution in [0.15, 0.2) is 30.9 Å². The van der Waals surface area contributed by atoms with Gasteiger partial charge in [0.2, 0.25) is 5.88 Å². The van der Waals surface area contributed by atoms with Gasteiger partial charge in [-0.15, -0.1) is 0 Å². The van der Waals surface area contributed by atoms with Crippen LogP contribution >= 0.6 is 0 Å². The van der Waals surface area contributed by atoms with Gasteiger partial charge in [0.25, 0.3) is 0 Å². The van der Waals surface area contributed by atoms with E-state index in [0.29, 0.717) is 19.0 Å². The highest BCUT2D eigenvalue weighted by molar-refractivity contribution is 5.85. The van der Waals surface area contributed by atoms with Crippen LogP contribution in [0.4, 0.5) is 5.82 Å². The van der Waals surface area contributed by atoms with Crippen molar-refractivity contribution < 1.29 is 4.74 Å². The van der Waals surface area contributed by atoms with Crippen LogP contribution in [-0.4, -0.2) is 31.3 Å². The van der Waals surface area contributed by atoms with Gasteiger partial charge in [0.05, 0.1) is 18.2 Å². The van der Waals surface area contributed by atoms with Gasteiger partial charge in [0.1, 0.15) is 12.1 Å². The van der Waals surface area contributed by atoms with Crippen LogP contribution in [0, 0.1) is 0 Å². The Balaban J connectivity index is 1.84. The number of ether oxygens (including phenoxy) is 1. The second-order valence-electron chi connectivity index (χ2n) is 4.48. The number of fused-ring (bicyclic) bond motifs is 1. The summed E-state index contributed by atoms with van der Waals surface area (Å²) in [4.78, 5) is 12.7. The first-order chi connectivity index (χ1) is 10.3. The summed E-state index contributed by atoms with van der Waals surface area (Å²) in [5, 5.41) is 8.38. The first-order valence-electron chi connectivity index (χ1n) is 6.73. The van der Waals surface area contributed by atoms with Gasteiger partial charge in [-0.3, -0.25) is 4.68 Å². The van der Waals surface area contributed by atoms with Crippen molar-refractivity contribution in [3.63, 3.8) is 0 Å². The molecule has 0 saturated heterocycles. The second-order valence-corrected chi connectivity index (χ2v) is 4.48. The zero-order chi connectivity index (χ0) is 14.7. The number of pyridine rings is 1. The fourth-order valence-corrected chi connectivity index (χ4v) is 2.11. The lowest BCUT2D eigenvalue weighted by Gasteiger charge is -2.10. The predicted molar refractivity (Wildman–Crippen MR) is 79.0 cm³/mol. The number of nitrogens with zero attached hydrogens (tertiary/aromatic N) is 5. The summed E-state index contributed by atoms with van der Waals surface area (Å²) in [6.07, 6.45) is 5.00. The first-order valence-corrected chi connectivity index (χ1v) is 6.73. The molecule has 0 fully saturated rings. The Morgan fingerprint density at radius 1 is 1.29 bits per heavy atom. The van der Waals surface area contributed by atoms with Crippen molar-refractivity contribution in [2.75, 3.05) is 11.9 Å². The first kappa shape index (κ1) is 13.3. The quantitative estimate of drug-likeness (QED) is 0.769. The van der Waals surface area contributed by atoms with Crippen LogP contribution in [0.25, 0.3) is 11.0 Å². The van der Waals surface area contributed by atoms with Gasteiger partial charge in [0, 0.05) is 25.4 Å². The fourth-order valence-electron chi connectivity index (χ4n) is 2.11. The van der Waals surface area contributed by atoms with E-state index >= 15 is 0 Å². The van der Waals surface area contributed by atoms with Gasteiger partial charge in [-0.2, -0.15) is 5.10 Å². The number of aromatic nitrogens is 5. The van der Waals surface area contributed by atoms with Gasteiger partial charge >= 0.3 is 0 Å². The molecule has 0 bridgehead atoms. The highest BCUT2D eigenvalue weighted by Gasteiger charge is 2.09. The van der Waals surface area contributed by atoms with E-state index in [1.54, 1.807) is 17.1 Å². The van der Waals surface area contributed by atoms with Crippen LogP contribution in [0.2, 0.25) is 0 Å². The van der Waals surface area contributed by atoms with Crippen molar-refractivity contribution in [3.05, 3.63) is 36.4 Å². The Bertz CT molecular complexity index is 754. The molecule has 0 aliphatic heterocycles. The summed E-state index contributed by atoms with van der Waals surface area (Å²) >= 11 is 0. The van der Waals surface area contributed by atoms with Crippen molar-refractivity contribution in [2.24, 2.45) is 7.05 Å². The Morgan fingerprint density at radius 3 is 3.05 bits per heavy atom. The SMILES string of the molecule is CCOc1ncccc1CNc1ncnc2c1cnn2C. The minimum atomic E-state index is 0.574. The lowest BCUT2D eigenvalue weighted by Crippen LogP contribution is -2.06. The van der Waals surface area contributed by atoms with E-state index < -0.39 is 0 Å². The molecule has 0 aliphatic rings. The Morgan fingerprint density at radius 2 is 2.19 bits per heavy atom. The fraction of sp³-hybridized carbons (Fsp3) is 0.286. The molecule has 7 heteroatoms. The topological polar surface area (TPSA) is 77.8 Å². The average molecular weight is 284 g/mol. The largest absolute Gasteiger partial charge is 0.478 e. The average Bonchev–Trinajstić information content (AvgIpc) is 2.89. The molecule has 3 rings (SSSR count). The zero-order valence-electron chi connectivity index (χ0n) is 11.9. The summed E-state index contributed by atoms with van der Waals surface area (Å²) in [5.74, 6) is 1.39. The van der Waals surface area contributed by atoms with E-state index in [9.17, 15) is 0 Å². The van der Waals surface area contributed by atoms with Gasteiger partial charge in [0.15, 0.2) is 5.65 Å². The van der Waals surface area contributed by atoms with Gasteiger partial charge in [-0.25, -0.2) is 15.0 Å². The van der Waals surface area contributed by atoms with Crippen molar-refractivity contribution in [2.45, 2.75) is 13.5 Å². The van der Waals surface area contributed by atoms with E-state index in [2.05, 4.69) is 25.4 Å². The minimum Gasteiger partial charge on any atom is -0.478 e. The van der Waals surface area contributed by atoms with Crippen LogP contribution < -0.4 is 10.1 Å². The molecule has 3 aromatic rings. The maximum Gasteiger partial charge on any atom is 0.218 e. The maximum atomic E-state index is 5.52. The third kappa shape index (κ3) is 2.62. The molecule has 0 aromatic carbocycles. The van der Waals surface area contributed by atoms with Crippen LogP contribution in [-0.2, 0) is 13.6 Å². The van der Waals surface area contributed by atoms with Crippen molar-refractivity contribution >= 4 is 16.9 Å². The number of hydrogen-bond donors (Lipinski definition) is 1. The van der Waals surface area contributed by atoms with Crippen LogP contribution in [0.5, 0.6) is 5.88 Å². The molecule has 3 heterocycles. The summed E-state index contributed by atoms with van der Waals surface area (Å²) < 4.78 is 7.24. The molecule has 108 valence electrons. The van der Waals surface area contributed by atoms with Crippen molar-refractivity contribution in [1.29, 1.82) is 0 Å². The molecule has 1 N–H and O–H groups in total. The molecular formula is C14H16N6O. The van der Waals surface area contributed by atoms with Crippen molar-refractivity contribution in [1.82, 2.24) is 24.7 Å². The van der Waals surface area contributed by atoms with Crippen LogP contribution in [0.1, 0.15) is 12.5 Å². The summed E-state index contributed by atoms with van der Waals surface area (Å²) in [7, 11) is 1.85. The highest BCUT2D eigenvalue weighted by atomic mass is 16.5. The van der Waals surface area contributed by atoms with Crippen LogP contribution in [0.3, 0.4) is 0 Å². The molecule has 3 aromatic heterocycles. The zero-order valence-corrected chi connectivity index (χ0v) is 11.9. The number of aryl methyl sites for hydroxylation is 1. The number of hydrogen-bond acceptors (Lipinski definition) is 6. The summed E-state index contributed by atoms with van der Waals surface area (Å²) in [6.45, 7) is 3.10. The standard InChI is InChI=1S/C14H16N6O/c1-3-21-14-10(5-4-6-15-14)7-16-12-11-8-19-20(2)13(11)18-9-17-12/h4-6,8-9H,3,7H2,1-2H3,(H,16,17,18). The van der Waals surface area contributed by atoms with E-state index in [0.717, 1.165) is 22.4 Å². The number of rotatable bonds is 5. The molecule has 0 unspecified atom stereocenters. The molecule has 0 atom stereocenters. The molecule has 0 aliphatic carbocycles. The third-order valence-electron chi connectivity index (χ3n) is 3.11. The molecule has 7 nitrogen and oxygen atoms in total. The number of nitrogens with one attached hydrogen (secondary N) is 1. The van der Waals surface area contributed by atoms with Gasteiger partial charge in [-0.1, -0.05) is 6.07 Å². The summed E-state index contributed by atoms with van der Waals surface area (Å²) in [6, 6.07) is 3.87. The number of anilines is 1. The van der Waals surface area contributed by atoms with Gasteiger partial charge < -0.3 is 10.1 Å². The normalized spacial score (nSPS) is 10.8. The molecule has 21 heavy (non-hydrogen) atoms. The predicted octanol–water partition coefficient (Wildman–Crippen LogP) is 1.77. The molecule has 0 amide bonds. The second kappa shape index (κ2) is 5.74. The minimum absolute atomic E-state index is 0.574. The molecule has 0 radical (unpaired) electrons. The lowest BCUT2D eigenvalue weighted by atomic mass is 10.2. The van der Waals surface area contributed by atoms with Gasteiger partial charge in [-0.05, 0) is 13.0 Å². The third-order valence-corrected chi connectivity index (χ3v) is 3.11. The molecule has 0 spiro atoms. The molecule has 0 saturated carbocycles. The Labute approximate surface area is 122 Å². The Kier molecular flexibility index (Phi) is 3.63. The smallest absolute Gasteiger partial charge is 0.218 e. The summed E-state index contributed by atoms with van der Waals surface area (Å²) in [5.41, 5.74) is 1.78. The molecular weight excluding hydrogens is 268 g/mol. The van der Waals surface area contributed by atoms with E-state index in [-0.39, 0.29) is 0 Å².